The molecule has 0 unspecified atom stereocenters. The molecule has 3 fully saturated rings. The van der Waals surface area contributed by atoms with Gasteiger partial charge in [0, 0.05) is 49.5 Å². The minimum absolute atomic E-state index is 0.163. The second-order valence-corrected chi connectivity index (χ2v) is 6.37. The third-order valence-corrected chi connectivity index (χ3v) is 4.99. The topological polar surface area (TPSA) is 36.4 Å². The molecule has 4 heterocycles. The minimum Gasteiger partial charge on any atom is -0.334 e. The Morgan fingerprint density at radius 1 is 1.00 bits per heavy atom. The van der Waals surface area contributed by atoms with Gasteiger partial charge in [0.2, 0.25) is 0 Å². The summed E-state index contributed by atoms with van der Waals surface area (Å²) >= 11 is 0. The number of amides is 1. The van der Waals surface area contributed by atoms with E-state index in [0.29, 0.717) is 6.04 Å². The van der Waals surface area contributed by atoms with E-state index in [1.165, 1.54) is 0 Å². The summed E-state index contributed by atoms with van der Waals surface area (Å²) in [6.45, 7) is 4.10. The molecule has 4 nitrogen and oxygen atoms in total. The monoisotopic (exact) mass is 307 g/mol. The summed E-state index contributed by atoms with van der Waals surface area (Å²) < 4.78 is 0. The lowest BCUT2D eigenvalue weighted by Crippen LogP contribution is -2.41. The molecule has 0 saturated carbocycles. The van der Waals surface area contributed by atoms with Crippen molar-refractivity contribution in [1.29, 1.82) is 0 Å². The molecule has 23 heavy (non-hydrogen) atoms. The van der Waals surface area contributed by atoms with Crippen molar-refractivity contribution in [2.45, 2.75) is 18.9 Å². The Kier molecular flexibility index (Phi) is 3.83. The zero-order chi connectivity index (χ0) is 15.6. The molecule has 0 aliphatic carbocycles. The molecule has 0 spiro atoms. The molecule has 2 aromatic rings. The van der Waals surface area contributed by atoms with Crippen LogP contribution in [0.3, 0.4) is 0 Å². The molecular formula is C19H21N3O. The van der Waals surface area contributed by atoms with Gasteiger partial charge in [-0.3, -0.25) is 9.78 Å². The van der Waals surface area contributed by atoms with Gasteiger partial charge < -0.3 is 9.80 Å². The number of piperidine rings is 1. The second kappa shape index (κ2) is 6.13. The van der Waals surface area contributed by atoms with Crippen molar-refractivity contribution in [3.05, 3.63) is 54.2 Å². The van der Waals surface area contributed by atoms with Gasteiger partial charge in [-0.05, 0) is 37.1 Å². The van der Waals surface area contributed by atoms with Gasteiger partial charge in [-0.15, -0.1) is 0 Å². The van der Waals surface area contributed by atoms with Crippen LogP contribution in [0.15, 0.2) is 48.7 Å². The molecule has 0 N–H and O–H groups in total. The van der Waals surface area contributed by atoms with Crippen LogP contribution in [0.5, 0.6) is 0 Å². The van der Waals surface area contributed by atoms with Crippen LogP contribution in [0.4, 0.5) is 0 Å². The van der Waals surface area contributed by atoms with Gasteiger partial charge >= 0.3 is 0 Å². The summed E-state index contributed by atoms with van der Waals surface area (Å²) in [4.78, 5) is 21.9. The standard InChI is InChI=1S/C19H21N3O/c23-19(22-13-12-21-10-7-17(22)8-11-21)16-5-3-4-15(14-16)18-6-1-2-9-20-18/h1-6,9,14,17H,7-8,10-13H2. The van der Waals surface area contributed by atoms with Gasteiger partial charge in [-0.2, -0.15) is 0 Å². The predicted octanol–water partition coefficient (Wildman–Crippen LogP) is 2.67. The lowest BCUT2D eigenvalue weighted by molar-refractivity contribution is 0.0685. The van der Waals surface area contributed by atoms with Crippen LogP contribution >= 0.6 is 0 Å². The first kappa shape index (κ1) is 14.4. The van der Waals surface area contributed by atoms with E-state index in [-0.39, 0.29) is 5.91 Å². The van der Waals surface area contributed by atoms with Crippen molar-refractivity contribution < 1.29 is 4.79 Å². The fourth-order valence-corrected chi connectivity index (χ4v) is 3.66. The highest BCUT2D eigenvalue weighted by molar-refractivity contribution is 5.95. The van der Waals surface area contributed by atoms with Crippen LogP contribution in [-0.2, 0) is 0 Å². The molecule has 1 aromatic heterocycles. The first-order valence-corrected chi connectivity index (χ1v) is 8.36. The van der Waals surface area contributed by atoms with Crippen LogP contribution in [0.2, 0.25) is 0 Å². The number of aromatic nitrogens is 1. The predicted molar refractivity (Wildman–Crippen MR) is 90.2 cm³/mol. The number of pyridine rings is 1. The Hall–Kier alpha value is -2.20. The maximum atomic E-state index is 13.0. The number of nitrogens with zero attached hydrogens (tertiary/aromatic N) is 3. The van der Waals surface area contributed by atoms with Crippen LogP contribution in [0.1, 0.15) is 23.2 Å². The molecule has 0 atom stereocenters. The molecule has 4 heteroatoms. The largest absolute Gasteiger partial charge is 0.334 e. The zero-order valence-electron chi connectivity index (χ0n) is 13.2. The molecule has 118 valence electrons. The molecule has 3 aliphatic rings. The number of hydrogen-bond acceptors (Lipinski definition) is 3. The van der Waals surface area contributed by atoms with E-state index in [4.69, 9.17) is 0 Å². The minimum atomic E-state index is 0.163. The van der Waals surface area contributed by atoms with Crippen LogP contribution < -0.4 is 0 Å². The molecular weight excluding hydrogens is 286 g/mol. The lowest BCUT2D eigenvalue weighted by Gasteiger charge is -2.31. The summed E-state index contributed by atoms with van der Waals surface area (Å²) in [5.74, 6) is 0.163. The van der Waals surface area contributed by atoms with Gasteiger partial charge in [-0.1, -0.05) is 18.2 Å². The average molecular weight is 307 g/mol. The molecule has 2 bridgehead atoms. The van der Waals surface area contributed by atoms with Crippen molar-refractivity contribution in [2.75, 3.05) is 26.2 Å². The summed E-state index contributed by atoms with van der Waals surface area (Å²) in [7, 11) is 0. The smallest absolute Gasteiger partial charge is 0.254 e. The SMILES string of the molecule is O=C(c1cccc(-c2ccccn2)c1)N1CCN2CCC1CC2. The van der Waals surface area contributed by atoms with Crippen molar-refractivity contribution in [1.82, 2.24) is 14.8 Å². The number of fused-ring (bicyclic) bond motifs is 4. The number of carbonyl (C=O) groups is 1. The normalized spacial score (nSPS) is 23.6. The van der Waals surface area contributed by atoms with Crippen molar-refractivity contribution in [2.24, 2.45) is 0 Å². The van der Waals surface area contributed by atoms with Gasteiger partial charge in [-0.25, -0.2) is 0 Å². The van der Waals surface area contributed by atoms with Gasteiger partial charge in [0.25, 0.3) is 5.91 Å². The maximum Gasteiger partial charge on any atom is 0.254 e. The molecule has 3 saturated heterocycles. The van der Waals surface area contributed by atoms with Crippen LogP contribution in [0.25, 0.3) is 11.3 Å². The highest BCUT2D eigenvalue weighted by Gasteiger charge is 2.32. The first-order valence-electron chi connectivity index (χ1n) is 8.36. The Bertz CT molecular complexity index is 693. The number of carbonyl (C=O) groups excluding carboxylic acids is 1. The number of rotatable bonds is 2. The first-order chi connectivity index (χ1) is 11.3. The Morgan fingerprint density at radius 3 is 2.65 bits per heavy atom. The zero-order valence-corrected chi connectivity index (χ0v) is 13.2. The Labute approximate surface area is 136 Å². The fraction of sp³-hybridized carbons (Fsp3) is 0.368. The summed E-state index contributed by atoms with van der Waals surface area (Å²) in [6, 6.07) is 14.1. The number of hydrogen-bond donors (Lipinski definition) is 0. The maximum absolute atomic E-state index is 13.0. The third-order valence-electron chi connectivity index (χ3n) is 4.99. The van der Waals surface area contributed by atoms with Crippen molar-refractivity contribution in [3.63, 3.8) is 0 Å². The van der Waals surface area contributed by atoms with E-state index in [9.17, 15) is 4.79 Å². The average Bonchev–Trinajstić information content (AvgIpc) is 2.96. The van der Waals surface area contributed by atoms with Gasteiger partial charge in [0.1, 0.15) is 0 Å². The summed E-state index contributed by atoms with van der Waals surface area (Å²) in [5, 5.41) is 0. The van der Waals surface area contributed by atoms with E-state index in [1.807, 2.05) is 42.5 Å². The fourth-order valence-electron chi connectivity index (χ4n) is 3.66. The van der Waals surface area contributed by atoms with Crippen LogP contribution in [0, 0.1) is 0 Å². The van der Waals surface area contributed by atoms with Crippen molar-refractivity contribution in [3.8, 4) is 11.3 Å². The van der Waals surface area contributed by atoms with E-state index >= 15 is 0 Å². The van der Waals surface area contributed by atoms with Gasteiger partial charge in [0.05, 0.1) is 5.69 Å². The Balaban J connectivity index is 1.61. The highest BCUT2D eigenvalue weighted by Crippen LogP contribution is 2.24. The molecule has 0 radical (unpaired) electrons. The number of benzene rings is 1. The molecule has 3 aliphatic heterocycles. The summed E-state index contributed by atoms with van der Waals surface area (Å²) in [5.41, 5.74) is 2.68. The molecule has 1 aromatic carbocycles. The van der Waals surface area contributed by atoms with E-state index < -0.39 is 0 Å². The Morgan fingerprint density at radius 2 is 1.87 bits per heavy atom. The quantitative estimate of drug-likeness (QED) is 0.856. The van der Waals surface area contributed by atoms with E-state index in [0.717, 1.165) is 55.8 Å². The third kappa shape index (κ3) is 2.86. The van der Waals surface area contributed by atoms with E-state index in [2.05, 4.69) is 14.8 Å². The van der Waals surface area contributed by atoms with E-state index in [1.54, 1.807) is 6.20 Å². The van der Waals surface area contributed by atoms with Gasteiger partial charge in [0.15, 0.2) is 0 Å². The summed E-state index contributed by atoms with van der Waals surface area (Å²) in [6.07, 6.45) is 3.99. The second-order valence-electron chi connectivity index (χ2n) is 6.37. The highest BCUT2D eigenvalue weighted by atomic mass is 16.2. The lowest BCUT2D eigenvalue weighted by atomic mass is 10.0. The molecule has 1 amide bonds. The molecule has 5 rings (SSSR count). The van der Waals surface area contributed by atoms with Crippen molar-refractivity contribution >= 4 is 5.91 Å². The van der Waals surface area contributed by atoms with Crippen LogP contribution in [-0.4, -0.2) is 52.9 Å².